The van der Waals surface area contributed by atoms with Gasteiger partial charge < -0.3 is 14.7 Å². The molecule has 0 atom stereocenters. The molecule has 0 saturated carbocycles. The molecule has 0 saturated heterocycles. The van der Waals surface area contributed by atoms with Crippen LogP contribution in [-0.2, 0) is 0 Å². The SMILES string of the molecule is CN(C)c1[c]ccc(N(C)C)c1N(C)C. The number of anilines is 3. The van der Waals surface area contributed by atoms with Crippen LogP contribution in [0, 0.1) is 6.07 Å². The van der Waals surface area contributed by atoms with Gasteiger partial charge in [-0.25, -0.2) is 0 Å². The molecule has 1 rings (SSSR count). The molecule has 0 unspecified atom stereocenters. The normalized spacial score (nSPS) is 10.0. The first-order valence-electron chi connectivity index (χ1n) is 5.01. The van der Waals surface area contributed by atoms with Gasteiger partial charge in [-0.2, -0.15) is 0 Å². The number of hydrogen-bond donors (Lipinski definition) is 0. The molecule has 0 fully saturated rings. The highest BCUT2D eigenvalue weighted by atomic mass is 15.2. The van der Waals surface area contributed by atoms with Crippen molar-refractivity contribution in [2.75, 3.05) is 57.0 Å². The number of nitrogens with zero attached hydrogens (tertiary/aromatic N) is 3. The fourth-order valence-electron chi connectivity index (χ4n) is 1.61. The average Bonchev–Trinajstić information content (AvgIpc) is 2.16. The highest BCUT2D eigenvalue weighted by Gasteiger charge is 2.13. The molecule has 0 bridgehead atoms. The maximum absolute atomic E-state index is 3.27. The van der Waals surface area contributed by atoms with E-state index >= 15 is 0 Å². The highest BCUT2D eigenvalue weighted by Crippen LogP contribution is 2.35. The van der Waals surface area contributed by atoms with E-state index in [0.29, 0.717) is 0 Å². The molecule has 83 valence electrons. The van der Waals surface area contributed by atoms with Crippen LogP contribution >= 0.6 is 0 Å². The summed E-state index contributed by atoms with van der Waals surface area (Å²) in [4.78, 5) is 6.33. The Morgan fingerprint density at radius 1 is 0.867 bits per heavy atom. The summed E-state index contributed by atoms with van der Waals surface area (Å²) in [5, 5.41) is 0. The van der Waals surface area contributed by atoms with Crippen molar-refractivity contribution in [3.05, 3.63) is 18.2 Å². The van der Waals surface area contributed by atoms with Gasteiger partial charge in [-0.1, -0.05) is 0 Å². The van der Waals surface area contributed by atoms with Crippen LogP contribution in [-0.4, -0.2) is 42.3 Å². The summed E-state index contributed by atoms with van der Waals surface area (Å²) in [6, 6.07) is 7.33. The molecule has 15 heavy (non-hydrogen) atoms. The minimum absolute atomic E-state index is 1.12. The van der Waals surface area contributed by atoms with Crippen molar-refractivity contribution in [3.63, 3.8) is 0 Å². The van der Waals surface area contributed by atoms with Gasteiger partial charge in [0.2, 0.25) is 0 Å². The van der Waals surface area contributed by atoms with Crippen LogP contribution in [0.5, 0.6) is 0 Å². The summed E-state index contributed by atoms with van der Waals surface area (Å²) < 4.78 is 0. The molecule has 0 aliphatic heterocycles. The van der Waals surface area contributed by atoms with Crippen molar-refractivity contribution in [2.45, 2.75) is 0 Å². The van der Waals surface area contributed by atoms with E-state index in [1.807, 2.05) is 20.2 Å². The van der Waals surface area contributed by atoms with Crippen molar-refractivity contribution in [3.8, 4) is 0 Å². The first-order chi connectivity index (χ1) is 6.95. The Hall–Kier alpha value is -1.38. The Balaban J connectivity index is 3.35. The maximum atomic E-state index is 3.27. The van der Waals surface area contributed by atoms with E-state index < -0.39 is 0 Å². The molecule has 0 aliphatic carbocycles. The van der Waals surface area contributed by atoms with Gasteiger partial charge in [0.15, 0.2) is 0 Å². The van der Waals surface area contributed by atoms with Gasteiger partial charge >= 0.3 is 0 Å². The zero-order chi connectivity index (χ0) is 11.6. The topological polar surface area (TPSA) is 9.72 Å². The second-order valence-corrected chi connectivity index (χ2v) is 4.24. The molecule has 0 amide bonds. The molecule has 0 heterocycles. The van der Waals surface area contributed by atoms with Crippen LogP contribution in [0.15, 0.2) is 12.1 Å². The monoisotopic (exact) mass is 206 g/mol. The molecule has 0 spiro atoms. The third-order valence-electron chi connectivity index (χ3n) is 2.30. The first kappa shape index (κ1) is 11.7. The second kappa shape index (κ2) is 4.43. The average molecular weight is 206 g/mol. The van der Waals surface area contributed by atoms with Crippen molar-refractivity contribution in [1.82, 2.24) is 0 Å². The standard InChI is InChI=1S/C12H20N3/c1-13(2)10-8-7-9-11(14(3)4)12(10)15(5)6/h7-8H,1-6H3. The van der Waals surface area contributed by atoms with Gasteiger partial charge in [0.1, 0.15) is 0 Å². The number of rotatable bonds is 3. The summed E-state index contributed by atoms with van der Waals surface area (Å²) in [5.74, 6) is 0. The largest absolute Gasteiger partial charge is 0.376 e. The predicted molar refractivity (Wildman–Crippen MR) is 68.3 cm³/mol. The fourth-order valence-corrected chi connectivity index (χ4v) is 1.61. The lowest BCUT2D eigenvalue weighted by molar-refractivity contribution is 1.04. The molecule has 0 aromatic heterocycles. The minimum atomic E-state index is 1.12. The van der Waals surface area contributed by atoms with Crippen LogP contribution in [0.4, 0.5) is 17.1 Å². The second-order valence-electron chi connectivity index (χ2n) is 4.24. The zero-order valence-electron chi connectivity index (χ0n) is 10.5. The van der Waals surface area contributed by atoms with E-state index in [9.17, 15) is 0 Å². The molecule has 3 heteroatoms. The van der Waals surface area contributed by atoms with Crippen molar-refractivity contribution >= 4 is 17.1 Å². The van der Waals surface area contributed by atoms with E-state index in [2.05, 4.69) is 55.0 Å². The molecule has 1 aromatic carbocycles. The van der Waals surface area contributed by atoms with Crippen molar-refractivity contribution < 1.29 is 0 Å². The minimum Gasteiger partial charge on any atom is -0.376 e. The van der Waals surface area contributed by atoms with Gasteiger partial charge in [0.25, 0.3) is 0 Å². The van der Waals surface area contributed by atoms with E-state index in [1.54, 1.807) is 0 Å². The van der Waals surface area contributed by atoms with Crippen LogP contribution in [0.3, 0.4) is 0 Å². The van der Waals surface area contributed by atoms with Crippen molar-refractivity contribution in [2.24, 2.45) is 0 Å². The lowest BCUT2D eigenvalue weighted by Crippen LogP contribution is -2.21. The number of benzene rings is 1. The van der Waals surface area contributed by atoms with E-state index in [-0.39, 0.29) is 0 Å². The lowest BCUT2D eigenvalue weighted by Gasteiger charge is -2.27. The molecule has 0 N–H and O–H groups in total. The smallest absolute Gasteiger partial charge is 0.0842 e. The molecular formula is C12H20N3. The summed E-state index contributed by atoms with van der Waals surface area (Å²) in [6.45, 7) is 0. The van der Waals surface area contributed by atoms with Gasteiger partial charge in [0.05, 0.1) is 17.1 Å². The van der Waals surface area contributed by atoms with Crippen LogP contribution < -0.4 is 14.7 Å². The molecule has 0 aliphatic rings. The van der Waals surface area contributed by atoms with Crippen LogP contribution in [0.2, 0.25) is 0 Å². The first-order valence-corrected chi connectivity index (χ1v) is 5.01. The quantitative estimate of drug-likeness (QED) is 0.745. The fraction of sp³-hybridized carbons (Fsp3) is 0.500. The predicted octanol–water partition coefficient (Wildman–Crippen LogP) is 1.68. The highest BCUT2D eigenvalue weighted by molar-refractivity contribution is 5.83. The third-order valence-corrected chi connectivity index (χ3v) is 2.30. The Morgan fingerprint density at radius 2 is 1.47 bits per heavy atom. The molecule has 1 aromatic rings. The van der Waals surface area contributed by atoms with E-state index in [4.69, 9.17) is 0 Å². The Bertz CT molecular complexity index is 303. The third kappa shape index (κ3) is 2.35. The summed E-state index contributed by atoms with van der Waals surface area (Å²) in [5.41, 5.74) is 3.53. The molecule has 3 nitrogen and oxygen atoms in total. The van der Waals surface area contributed by atoms with E-state index in [0.717, 1.165) is 5.69 Å². The number of hydrogen-bond acceptors (Lipinski definition) is 3. The summed E-state index contributed by atoms with van der Waals surface area (Å²) in [7, 11) is 12.3. The van der Waals surface area contributed by atoms with E-state index in [1.165, 1.54) is 11.4 Å². The van der Waals surface area contributed by atoms with Crippen LogP contribution in [0.25, 0.3) is 0 Å². The summed E-state index contributed by atoms with van der Waals surface area (Å²) >= 11 is 0. The maximum Gasteiger partial charge on any atom is 0.0842 e. The lowest BCUT2D eigenvalue weighted by atomic mass is 10.2. The Labute approximate surface area is 92.9 Å². The van der Waals surface area contributed by atoms with Crippen molar-refractivity contribution in [1.29, 1.82) is 0 Å². The van der Waals surface area contributed by atoms with Gasteiger partial charge in [-0.15, -0.1) is 0 Å². The van der Waals surface area contributed by atoms with Crippen LogP contribution in [0.1, 0.15) is 0 Å². The van der Waals surface area contributed by atoms with Gasteiger partial charge in [0, 0.05) is 48.4 Å². The molecule has 1 radical (unpaired) electrons. The zero-order valence-corrected chi connectivity index (χ0v) is 10.5. The van der Waals surface area contributed by atoms with Gasteiger partial charge in [-0.05, 0) is 12.1 Å². The Morgan fingerprint density at radius 3 is 1.87 bits per heavy atom. The molecular weight excluding hydrogens is 186 g/mol. The summed E-state index contributed by atoms with van der Waals surface area (Å²) in [6.07, 6.45) is 0. The van der Waals surface area contributed by atoms with Gasteiger partial charge in [-0.3, -0.25) is 0 Å². The Kier molecular flexibility index (Phi) is 3.45.